The van der Waals surface area contributed by atoms with Crippen molar-refractivity contribution < 1.29 is 78.5 Å². The molecule has 77 heavy (non-hydrogen) atoms. The zero-order chi connectivity index (χ0) is 56.1. The maximum atomic E-state index is 13.5. The Morgan fingerprint density at radius 2 is 0.935 bits per heavy atom. The van der Waals surface area contributed by atoms with Crippen molar-refractivity contribution in [1.29, 1.82) is 0 Å². The lowest BCUT2D eigenvalue weighted by atomic mass is 10.0. The second-order valence-electron chi connectivity index (χ2n) is 17.7. The number of benzene rings is 4. The molecule has 0 saturated heterocycles. The Hall–Kier alpha value is -8.93. The molecule has 14 N–H and O–H groups in total. The molecular formula is C53H66N8O16. The first-order chi connectivity index (χ1) is 36.8. The fourth-order valence-electron chi connectivity index (χ4n) is 7.39. The van der Waals surface area contributed by atoms with Gasteiger partial charge in [-0.1, -0.05) is 54.6 Å². The summed E-state index contributed by atoms with van der Waals surface area (Å²) in [7, 11) is 0. The van der Waals surface area contributed by atoms with Crippen molar-refractivity contribution in [3.8, 4) is 28.7 Å². The van der Waals surface area contributed by atoms with Crippen LogP contribution in [0.1, 0.15) is 60.8 Å². The second-order valence-corrected chi connectivity index (χ2v) is 17.7. The van der Waals surface area contributed by atoms with E-state index in [-0.39, 0.29) is 106 Å². The number of carboxylic acid groups (broad SMARTS) is 1. The fraction of sp³-hybridized carbons (Fsp3) is 0.377. The van der Waals surface area contributed by atoms with E-state index in [0.29, 0.717) is 41.5 Å². The average molecular weight is 1070 g/mol. The van der Waals surface area contributed by atoms with E-state index in [4.69, 9.17) is 9.84 Å². The van der Waals surface area contributed by atoms with Gasteiger partial charge in [0.15, 0.2) is 23.0 Å². The van der Waals surface area contributed by atoms with Gasteiger partial charge >= 0.3 is 5.97 Å². The number of carbonyl (C=O) groups excluding carboxylic acids is 8. The highest BCUT2D eigenvalue weighted by Crippen LogP contribution is 2.26. The van der Waals surface area contributed by atoms with Crippen molar-refractivity contribution in [2.45, 2.75) is 82.3 Å². The van der Waals surface area contributed by atoms with Crippen LogP contribution in [0.2, 0.25) is 0 Å². The van der Waals surface area contributed by atoms with Gasteiger partial charge in [0, 0.05) is 45.2 Å². The predicted octanol–water partition coefficient (Wildman–Crippen LogP) is -0.0376. The summed E-state index contributed by atoms with van der Waals surface area (Å²) in [6.07, 6.45) is 1.44. The molecule has 0 spiro atoms. The van der Waals surface area contributed by atoms with Gasteiger partial charge in [0.2, 0.25) is 47.3 Å². The van der Waals surface area contributed by atoms with Crippen molar-refractivity contribution in [3.05, 3.63) is 113 Å². The highest BCUT2D eigenvalue weighted by atomic mass is 16.5. The van der Waals surface area contributed by atoms with E-state index in [1.54, 1.807) is 54.6 Å². The summed E-state index contributed by atoms with van der Waals surface area (Å²) in [6.45, 7) is -1.77. The summed E-state index contributed by atoms with van der Waals surface area (Å²) in [5.74, 6) is -7.42. The molecule has 0 unspecified atom stereocenters. The minimum atomic E-state index is -1.28. The minimum Gasteiger partial charge on any atom is -0.508 e. The zero-order valence-electron chi connectivity index (χ0n) is 42.2. The van der Waals surface area contributed by atoms with Crippen molar-refractivity contribution >= 4 is 53.2 Å². The average Bonchev–Trinajstić information content (AvgIpc) is 3.40. The monoisotopic (exact) mass is 1070 g/mol. The van der Waals surface area contributed by atoms with E-state index in [0.717, 1.165) is 0 Å². The molecule has 0 radical (unpaired) electrons. The van der Waals surface area contributed by atoms with E-state index in [1.807, 2.05) is 0 Å². The number of nitrogens with one attached hydrogen (secondary N) is 8. The second kappa shape index (κ2) is 32.4. The van der Waals surface area contributed by atoms with Gasteiger partial charge in [-0.05, 0) is 90.8 Å². The lowest BCUT2D eigenvalue weighted by Crippen LogP contribution is -2.54. The Kier molecular flexibility index (Phi) is 25.5. The van der Waals surface area contributed by atoms with E-state index < -0.39 is 85.1 Å². The summed E-state index contributed by atoms with van der Waals surface area (Å²) in [5.41, 5.74) is 2.45. The van der Waals surface area contributed by atoms with Gasteiger partial charge in [-0.3, -0.25) is 43.2 Å². The molecule has 0 aliphatic heterocycles. The first-order valence-corrected chi connectivity index (χ1v) is 24.7. The molecule has 0 aromatic heterocycles. The van der Waals surface area contributed by atoms with Gasteiger partial charge in [0.1, 0.15) is 30.4 Å². The molecule has 8 amide bonds. The fourth-order valence-corrected chi connectivity index (χ4v) is 7.39. The van der Waals surface area contributed by atoms with Crippen LogP contribution in [-0.2, 0) is 73.6 Å². The van der Waals surface area contributed by atoms with Gasteiger partial charge in [0.05, 0.1) is 26.3 Å². The van der Waals surface area contributed by atoms with E-state index in [2.05, 4.69) is 42.5 Å². The topological polar surface area (TPSA) is 380 Å². The number of unbranched alkanes of at least 4 members (excludes halogenated alkanes) is 1. The lowest BCUT2D eigenvalue weighted by Gasteiger charge is -2.21. The standard InChI is InChI=1S/C53H66N8O16/c62-37-15-9-34(10-16-37)27-39(52(75)58-31-49(71)61-40(26-33-6-2-1-3-7-33)53(76)57-30-48(70)56-32-50(72)73)60-47(69)21-24-77-25-23-55-51(74)38(59-46(68)20-14-36-12-18-42(64)44(66)29-36)8-4-5-22-54-45(67)19-13-35-11-17-41(63)43(65)28-35/h1-3,6-7,9-12,15-18,28-29,38-40,62-66H,4-5,8,13-14,19-27,30-32H2,(H,54,67)(H,55,74)(H,56,70)(H,57,76)(H,58,75)(H,59,68)(H,60,69)(H,61,71)(H,72,73)/t38-,39-,40-/m0/s1. The minimum absolute atomic E-state index is 0.00182. The molecule has 4 rings (SSSR count). The molecule has 4 aromatic rings. The number of amides is 8. The SMILES string of the molecule is O=C(O)CNC(=O)CNC(=O)[C@H](Cc1ccccc1)NC(=O)CNC(=O)[C@H](Cc1ccc(O)cc1)NC(=O)CCOCCNC(=O)[C@H](CCCCNC(=O)CCc1ccc(O)c(O)c1)NC(=O)CCc1ccc(O)c(O)c1. The number of carbonyl (C=O) groups is 9. The number of rotatable bonds is 33. The maximum absolute atomic E-state index is 13.5. The van der Waals surface area contributed by atoms with Crippen LogP contribution in [0, 0.1) is 0 Å². The molecule has 0 aliphatic rings. The smallest absolute Gasteiger partial charge is 0.322 e. The first-order valence-electron chi connectivity index (χ1n) is 24.7. The Balaban J connectivity index is 1.26. The molecule has 24 nitrogen and oxygen atoms in total. The third-order valence-corrected chi connectivity index (χ3v) is 11.5. The molecule has 0 bridgehead atoms. The third kappa shape index (κ3) is 23.9. The number of ether oxygens (including phenoxy) is 1. The summed E-state index contributed by atoms with van der Waals surface area (Å²) in [4.78, 5) is 115. The van der Waals surface area contributed by atoms with Gasteiger partial charge in [-0.15, -0.1) is 0 Å². The Labute approximate surface area is 443 Å². The van der Waals surface area contributed by atoms with Gasteiger partial charge in [-0.25, -0.2) is 0 Å². The zero-order valence-corrected chi connectivity index (χ0v) is 42.2. The molecule has 0 saturated carbocycles. The highest BCUT2D eigenvalue weighted by Gasteiger charge is 2.26. The Morgan fingerprint density at radius 1 is 0.429 bits per heavy atom. The largest absolute Gasteiger partial charge is 0.508 e. The first kappa shape index (κ1) is 60.6. The lowest BCUT2D eigenvalue weighted by molar-refractivity contribution is -0.138. The number of aliphatic carboxylic acids is 1. The van der Waals surface area contributed by atoms with Crippen molar-refractivity contribution in [2.75, 3.05) is 45.9 Å². The molecule has 0 fully saturated rings. The van der Waals surface area contributed by atoms with Gasteiger partial charge in [-0.2, -0.15) is 0 Å². The van der Waals surface area contributed by atoms with Crippen molar-refractivity contribution in [1.82, 2.24) is 42.5 Å². The summed E-state index contributed by atoms with van der Waals surface area (Å²) >= 11 is 0. The molecule has 0 aliphatic carbocycles. The predicted molar refractivity (Wildman–Crippen MR) is 276 cm³/mol. The highest BCUT2D eigenvalue weighted by molar-refractivity contribution is 5.94. The summed E-state index contributed by atoms with van der Waals surface area (Å²) in [6, 6.07) is 19.6. The number of aryl methyl sites for hydroxylation is 2. The van der Waals surface area contributed by atoms with Crippen molar-refractivity contribution in [2.24, 2.45) is 0 Å². The van der Waals surface area contributed by atoms with Crippen LogP contribution in [0.25, 0.3) is 0 Å². The quantitative estimate of drug-likeness (QED) is 0.0220. The van der Waals surface area contributed by atoms with Crippen LogP contribution >= 0.6 is 0 Å². The van der Waals surface area contributed by atoms with Crippen LogP contribution in [0.5, 0.6) is 28.7 Å². The molecular weight excluding hydrogens is 1000 g/mol. The van der Waals surface area contributed by atoms with Crippen LogP contribution in [0.15, 0.2) is 91.0 Å². The molecule has 24 heteroatoms. The number of hydrogen-bond acceptors (Lipinski definition) is 15. The maximum Gasteiger partial charge on any atom is 0.322 e. The van der Waals surface area contributed by atoms with E-state index >= 15 is 0 Å². The number of phenols is 5. The van der Waals surface area contributed by atoms with Crippen LogP contribution < -0.4 is 42.5 Å². The van der Waals surface area contributed by atoms with Gasteiger partial charge in [0.25, 0.3) is 0 Å². The Bertz CT molecular complexity index is 2640. The van der Waals surface area contributed by atoms with Crippen LogP contribution in [0.3, 0.4) is 0 Å². The summed E-state index contributed by atoms with van der Waals surface area (Å²) < 4.78 is 5.59. The van der Waals surface area contributed by atoms with Crippen LogP contribution in [0.4, 0.5) is 0 Å². The molecule has 414 valence electrons. The summed E-state index contributed by atoms with van der Waals surface area (Å²) in [5, 5.41) is 77.6. The molecule has 3 atom stereocenters. The number of carboxylic acids is 1. The Morgan fingerprint density at radius 3 is 1.52 bits per heavy atom. The molecule has 0 heterocycles. The number of aromatic hydroxyl groups is 5. The van der Waals surface area contributed by atoms with Crippen LogP contribution in [-0.4, -0.2) is 148 Å². The van der Waals surface area contributed by atoms with E-state index in [1.165, 1.54) is 36.4 Å². The number of phenolic OH excluding ortho intramolecular Hbond substituents is 5. The normalized spacial score (nSPS) is 11.9. The van der Waals surface area contributed by atoms with Crippen molar-refractivity contribution in [3.63, 3.8) is 0 Å². The van der Waals surface area contributed by atoms with E-state index in [9.17, 15) is 68.7 Å². The van der Waals surface area contributed by atoms with Gasteiger partial charge < -0.3 is 77.9 Å². The number of hydrogen-bond donors (Lipinski definition) is 14. The molecule has 4 aromatic carbocycles. The third-order valence-electron chi connectivity index (χ3n) is 11.5.